The second-order valence-corrected chi connectivity index (χ2v) is 8.75. The van der Waals surface area contributed by atoms with Crippen LogP contribution in [0.4, 0.5) is 15.9 Å². The molecule has 2 aromatic rings. The maximum atomic E-state index is 13.2. The van der Waals surface area contributed by atoms with Gasteiger partial charge in [-0.3, -0.25) is 4.48 Å². The molecule has 0 amide bonds. The van der Waals surface area contributed by atoms with Crippen molar-refractivity contribution in [3.8, 4) is 0 Å². The van der Waals surface area contributed by atoms with Gasteiger partial charge in [-0.15, -0.1) is 0 Å². The van der Waals surface area contributed by atoms with Gasteiger partial charge in [0.15, 0.2) is 0 Å². The minimum atomic E-state index is -0.277. The monoisotopic (exact) mass is 381 g/mol. The van der Waals surface area contributed by atoms with Crippen LogP contribution in [0.5, 0.6) is 0 Å². The third-order valence-electron chi connectivity index (χ3n) is 7.34. The van der Waals surface area contributed by atoms with Gasteiger partial charge in [0.05, 0.1) is 18.8 Å². The number of hydrogen-bond acceptors (Lipinski definition) is 3. The van der Waals surface area contributed by atoms with Crippen molar-refractivity contribution in [2.75, 3.05) is 31.1 Å². The number of pyridine rings is 1. The van der Waals surface area contributed by atoms with Crippen molar-refractivity contribution in [3.05, 3.63) is 53.5 Å². The van der Waals surface area contributed by atoms with Crippen molar-refractivity contribution in [1.82, 2.24) is 14.8 Å². The number of fused-ring (bicyclic) bond motifs is 1. The quantitative estimate of drug-likeness (QED) is 0.823. The standard InChI is InChI=1S/C23H30FN4/c1-17-3-2-12-28(17,22-8-10-25-15-22)21-6-4-19-16-27(11-9-18(19)13-21)23-7-5-20(24)14-26-23/h4-7,13-14,17,22,25H,2-3,8-12,15-16H2,1H3/q+1/t17-,22-,28?/m0/s1. The summed E-state index contributed by atoms with van der Waals surface area (Å²) in [6.07, 6.45) is 6.29. The fourth-order valence-electron chi connectivity index (χ4n) is 5.82. The van der Waals surface area contributed by atoms with E-state index in [0.717, 1.165) is 38.4 Å². The first kappa shape index (κ1) is 18.1. The highest BCUT2D eigenvalue weighted by atomic mass is 19.1. The van der Waals surface area contributed by atoms with E-state index in [4.69, 9.17) is 0 Å². The Morgan fingerprint density at radius 2 is 2.11 bits per heavy atom. The number of nitrogens with one attached hydrogen (secondary N) is 1. The van der Waals surface area contributed by atoms with E-state index in [1.54, 1.807) is 6.07 Å². The Kier molecular flexibility index (Phi) is 4.60. The van der Waals surface area contributed by atoms with Crippen molar-refractivity contribution in [2.45, 2.75) is 51.2 Å². The number of likely N-dealkylation sites (tertiary alicyclic amines) is 1. The summed E-state index contributed by atoms with van der Waals surface area (Å²) in [4.78, 5) is 6.52. The van der Waals surface area contributed by atoms with E-state index in [1.807, 2.05) is 0 Å². The molecule has 1 aromatic heterocycles. The molecule has 0 spiro atoms. The van der Waals surface area contributed by atoms with Gasteiger partial charge in [-0.05, 0) is 42.7 Å². The average molecular weight is 382 g/mol. The van der Waals surface area contributed by atoms with Gasteiger partial charge in [0, 0.05) is 51.5 Å². The highest BCUT2D eigenvalue weighted by Crippen LogP contribution is 2.40. The average Bonchev–Trinajstić information content (AvgIpc) is 3.38. The molecule has 4 heterocycles. The van der Waals surface area contributed by atoms with Crippen LogP contribution < -0.4 is 14.7 Å². The molecule has 0 bridgehead atoms. The van der Waals surface area contributed by atoms with E-state index < -0.39 is 0 Å². The zero-order valence-corrected chi connectivity index (χ0v) is 16.7. The second-order valence-electron chi connectivity index (χ2n) is 8.75. The maximum Gasteiger partial charge on any atom is 0.141 e. The van der Waals surface area contributed by atoms with E-state index in [2.05, 4.69) is 40.3 Å². The third-order valence-corrected chi connectivity index (χ3v) is 7.34. The van der Waals surface area contributed by atoms with E-state index in [9.17, 15) is 4.39 Å². The smallest absolute Gasteiger partial charge is 0.141 e. The van der Waals surface area contributed by atoms with Gasteiger partial charge < -0.3 is 10.2 Å². The molecule has 5 rings (SSSR count). The van der Waals surface area contributed by atoms with Gasteiger partial charge >= 0.3 is 0 Å². The van der Waals surface area contributed by atoms with Crippen molar-refractivity contribution in [3.63, 3.8) is 0 Å². The van der Waals surface area contributed by atoms with Crippen LogP contribution in [0.3, 0.4) is 0 Å². The predicted octanol–water partition coefficient (Wildman–Crippen LogP) is 3.63. The predicted molar refractivity (Wildman–Crippen MR) is 112 cm³/mol. The molecule has 1 N–H and O–H groups in total. The van der Waals surface area contributed by atoms with Crippen LogP contribution in [0, 0.1) is 5.82 Å². The van der Waals surface area contributed by atoms with Crippen molar-refractivity contribution >= 4 is 11.5 Å². The molecule has 2 fully saturated rings. The van der Waals surface area contributed by atoms with Crippen LogP contribution in [0.1, 0.15) is 37.3 Å². The first-order chi connectivity index (χ1) is 13.7. The lowest BCUT2D eigenvalue weighted by molar-refractivity contribution is 0.203. The SMILES string of the molecule is C[C@H]1CCC[N+]1(c1ccc2c(c1)CCN(c1ccc(F)cn1)C2)[C@H]1CCNC1. The second kappa shape index (κ2) is 7.12. The van der Waals surface area contributed by atoms with Crippen molar-refractivity contribution in [1.29, 1.82) is 0 Å². The van der Waals surface area contributed by atoms with Crippen LogP contribution >= 0.6 is 0 Å². The fourth-order valence-corrected chi connectivity index (χ4v) is 5.82. The number of quaternary nitrogens is 1. The summed E-state index contributed by atoms with van der Waals surface area (Å²) in [6.45, 7) is 7.82. The van der Waals surface area contributed by atoms with Crippen LogP contribution in [-0.4, -0.2) is 43.2 Å². The zero-order chi connectivity index (χ0) is 19.1. The first-order valence-corrected chi connectivity index (χ1v) is 10.7. The summed E-state index contributed by atoms with van der Waals surface area (Å²) >= 11 is 0. The molecule has 148 valence electrons. The number of hydrogen-bond donors (Lipinski definition) is 1. The highest BCUT2D eigenvalue weighted by Gasteiger charge is 2.48. The molecule has 0 saturated carbocycles. The van der Waals surface area contributed by atoms with Gasteiger partial charge in [0.1, 0.15) is 23.4 Å². The van der Waals surface area contributed by atoms with Crippen LogP contribution in [0.2, 0.25) is 0 Å². The van der Waals surface area contributed by atoms with Crippen LogP contribution in [0.15, 0.2) is 36.5 Å². The number of nitrogens with zero attached hydrogens (tertiary/aromatic N) is 3. The molecule has 4 nitrogen and oxygen atoms in total. The summed E-state index contributed by atoms with van der Waals surface area (Å²) in [5.41, 5.74) is 4.39. The van der Waals surface area contributed by atoms with Crippen molar-refractivity contribution < 1.29 is 4.39 Å². The van der Waals surface area contributed by atoms with Gasteiger partial charge in [0.25, 0.3) is 0 Å². The van der Waals surface area contributed by atoms with Gasteiger partial charge in [-0.25, -0.2) is 9.37 Å². The van der Waals surface area contributed by atoms with Gasteiger partial charge in [0.2, 0.25) is 0 Å². The molecule has 1 aromatic carbocycles. The molecular weight excluding hydrogens is 351 g/mol. The molecular formula is C23H30FN4+. The fraction of sp³-hybridized carbons (Fsp3) is 0.522. The maximum absolute atomic E-state index is 13.2. The lowest BCUT2D eigenvalue weighted by Crippen LogP contribution is -2.59. The normalized spacial score (nSPS) is 29.9. The summed E-state index contributed by atoms with van der Waals surface area (Å²) in [5.74, 6) is 0.589. The Hall–Kier alpha value is -1.98. The summed E-state index contributed by atoms with van der Waals surface area (Å²) in [7, 11) is 0. The molecule has 1 unspecified atom stereocenters. The largest absolute Gasteiger partial charge is 0.352 e. The molecule has 3 aliphatic heterocycles. The summed E-state index contributed by atoms with van der Waals surface area (Å²) in [5, 5.41) is 3.60. The third kappa shape index (κ3) is 2.92. The van der Waals surface area contributed by atoms with Crippen LogP contribution in [-0.2, 0) is 13.0 Å². The van der Waals surface area contributed by atoms with E-state index in [0.29, 0.717) is 12.1 Å². The molecule has 3 aliphatic rings. The highest BCUT2D eigenvalue weighted by molar-refractivity contribution is 5.53. The Morgan fingerprint density at radius 1 is 1.18 bits per heavy atom. The van der Waals surface area contributed by atoms with E-state index >= 15 is 0 Å². The number of anilines is 1. The summed E-state index contributed by atoms with van der Waals surface area (Å²) < 4.78 is 14.4. The molecule has 0 aliphatic carbocycles. The molecule has 2 saturated heterocycles. The molecule has 28 heavy (non-hydrogen) atoms. The molecule has 0 radical (unpaired) electrons. The number of aromatic nitrogens is 1. The van der Waals surface area contributed by atoms with Gasteiger partial charge in [-0.1, -0.05) is 6.07 Å². The van der Waals surface area contributed by atoms with E-state index in [-0.39, 0.29) is 5.82 Å². The Bertz CT molecular complexity index is 846. The first-order valence-electron chi connectivity index (χ1n) is 10.7. The Labute approximate surface area is 167 Å². The van der Waals surface area contributed by atoms with E-state index in [1.165, 1.54) is 59.4 Å². The van der Waals surface area contributed by atoms with Gasteiger partial charge in [-0.2, -0.15) is 0 Å². The number of rotatable bonds is 3. The lowest BCUT2D eigenvalue weighted by atomic mass is 9.96. The summed E-state index contributed by atoms with van der Waals surface area (Å²) in [6, 6.07) is 11.9. The zero-order valence-electron chi connectivity index (χ0n) is 16.7. The molecule has 5 heteroatoms. The number of benzene rings is 1. The lowest BCUT2D eigenvalue weighted by Gasteiger charge is -2.44. The van der Waals surface area contributed by atoms with Crippen molar-refractivity contribution in [2.24, 2.45) is 0 Å². The minimum absolute atomic E-state index is 0.277. The Morgan fingerprint density at radius 3 is 2.82 bits per heavy atom. The topological polar surface area (TPSA) is 28.2 Å². The number of halogens is 1. The minimum Gasteiger partial charge on any atom is -0.352 e. The molecule has 3 atom stereocenters. The Balaban J connectivity index is 1.44. The van der Waals surface area contributed by atoms with Crippen LogP contribution in [0.25, 0.3) is 0 Å².